The fourth-order valence-electron chi connectivity index (χ4n) is 4.27. The number of hydrogen-bond acceptors (Lipinski definition) is 4. The molecule has 2 saturated heterocycles. The lowest BCUT2D eigenvalue weighted by molar-refractivity contribution is -0.0389. The molecular weight excluding hydrogens is 338 g/mol. The summed E-state index contributed by atoms with van der Waals surface area (Å²) in [5.41, 5.74) is 2.64. The van der Waals surface area contributed by atoms with E-state index in [1.807, 2.05) is 30.0 Å². The van der Waals surface area contributed by atoms with Crippen LogP contribution in [0.25, 0.3) is 0 Å². The molecule has 5 heteroatoms. The average Bonchev–Trinajstić information content (AvgIpc) is 3.12. The van der Waals surface area contributed by atoms with Crippen molar-refractivity contribution in [2.75, 3.05) is 31.6 Å². The zero-order valence-corrected chi connectivity index (χ0v) is 16.1. The summed E-state index contributed by atoms with van der Waals surface area (Å²) in [5.74, 6) is 0.0406. The van der Waals surface area contributed by atoms with Gasteiger partial charge in [-0.25, -0.2) is 0 Å². The van der Waals surface area contributed by atoms with E-state index in [1.54, 1.807) is 6.20 Å². The molecule has 2 aliphatic heterocycles. The first-order valence-electron chi connectivity index (χ1n) is 9.71. The van der Waals surface area contributed by atoms with Crippen LogP contribution in [0.1, 0.15) is 35.3 Å². The SMILES string of the molecule is Cc1cccnc1C(=O)N1CCC2(CC1)CC(N(C)c1ccccc1)CO2. The number of anilines is 1. The average molecular weight is 365 g/mol. The lowest BCUT2D eigenvalue weighted by atomic mass is 9.87. The molecule has 1 spiro atoms. The summed E-state index contributed by atoms with van der Waals surface area (Å²) in [6, 6.07) is 14.7. The predicted octanol–water partition coefficient (Wildman–Crippen LogP) is 3.29. The van der Waals surface area contributed by atoms with E-state index in [0.717, 1.165) is 44.5 Å². The molecule has 5 nitrogen and oxygen atoms in total. The molecule has 1 amide bonds. The Hall–Kier alpha value is -2.40. The maximum Gasteiger partial charge on any atom is 0.272 e. The number of pyridine rings is 1. The smallest absolute Gasteiger partial charge is 0.272 e. The lowest BCUT2D eigenvalue weighted by Crippen LogP contribution is -2.47. The number of para-hydroxylation sites is 1. The molecule has 2 aliphatic rings. The molecule has 142 valence electrons. The molecule has 1 aromatic heterocycles. The van der Waals surface area contributed by atoms with Crippen LogP contribution in [0.2, 0.25) is 0 Å². The van der Waals surface area contributed by atoms with Gasteiger partial charge in [0.1, 0.15) is 5.69 Å². The highest BCUT2D eigenvalue weighted by atomic mass is 16.5. The van der Waals surface area contributed by atoms with Crippen molar-refractivity contribution < 1.29 is 9.53 Å². The van der Waals surface area contributed by atoms with Crippen molar-refractivity contribution >= 4 is 11.6 Å². The van der Waals surface area contributed by atoms with Gasteiger partial charge in [0.05, 0.1) is 18.2 Å². The summed E-state index contributed by atoms with van der Waals surface area (Å²) in [6.45, 7) is 4.15. The minimum Gasteiger partial charge on any atom is -0.373 e. The number of aromatic nitrogens is 1. The lowest BCUT2D eigenvalue weighted by Gasteiger charge is -2.39. The van der Waals surface area contributed by atoms with Crippen LogP contribution in [0.15, 0.2) is 48.7 Å². The number of nitrogens with zero attached hydrogens (tertiary/aromatic N) is 3. The zero-order valence-electron chi connectivity index (χ0n) is 16.1. The number of likely N-dealkylation sites (N-methyl/N-ethyl adjacent to an activating group) is 1. The van der Waals surface area contributed by atoms with E-state index in [-0.39, 0.29) is 11.5 Å². The Morgan fingerprint density at radius 2 is 1.93 bits per heavy atom. The van der Waals surface area contributed by atoms with Gasteiger partial charge in [-0.05, 0) is 49.9 Å². The molecule has 2 aromatic rings. The van der Waals surface area contributed by atoms with E-state index in [9.17, 15) is 4.79 Å². The van der Waals surface area contributed by atoms with E-state index in [2.05, 4.69) is 41.2 Å². The van der Waals surface area contributed by atoms with Crippen molar-refractivity contribution in [2.24, 2.45) is 0 Å². The van der Waals surface area contributed by atoms with Crippen molar-refractivity contribution in [2.45, 2.75) is 37.8 Å². The summed E-state index contributed by atoms with van der Waals surface area (Å²) in [6.07, 6.45) is 4.49. The maximum atomic E-state index is 12.8. The predicted molar refractivity (Wildman–Crippen MR) is 106 cm³/mol. The number of amides is 1. The largest absolute Gasteiger partial charge is 0.373 e. The van der Waals surface area contributed by atoms with Gasteiger partial charge in [-0.2, -0.15) is 0 Å². The molecule has 27 heavy (non-hydrogen) atoms. The first kappa shape index (κ1) is 18.0. The van der Waals surface area contributed by atoms with Crippen molar-refractivity contribution in [3.05, 3.63) is 59.9 Å². The molecule has 0 aliphatic carbocycles. The number of aryl methyl sites for hydroxylation is 1. The second-order valence-corrected chi connectivity index (χ2v) is 7.76. The Labute approximate surface area is 161 Å². The van der Waals surface area contributed by atoms with Gasteiger partial charge >= 0.3 is 0 Å². The number of piperidine rings is 1. The Morgan fingerprint density at radius 1 is 1.19 bits per heavy atom. The van der Waals surface area contributed by atoms with Crippen LogP contribution in [-0.4, -0.2) is 54.2 Å². The van der Waals surface area contributed by atoms with Crippen molar-refractivity contribution in [3.8, 4) is 0 Å². The first-order chi connectivity index (χ1) is 13.1. The van der Waals surface area contributed by atoms with Crippen molar-refractivity contribution in [3.63, 3.8) is 0 Å². The highest BCUT2D eigenvalue weighted by molar-refractivity contribution is 5.93. The molecule has 3 heterocycles. The fourth-order valence-corrected chi connectivity index (χ4v) is 4.27. The zero-order chi connectivity index (χ0) is 18.9. The summed E-state index contributed by atoms with van der Waals surface area (Å²) >= 11 is 0. The van der Waals surface area contributed by atoms with Crippen molar-refractivity contribution in [1.82, 2.24) is 9.88 Å². The van der Waals surface area contributed by atoms with Crippen LogP contribution in [-0.2, 0) is 4.74 Å². The molecule has 0 saturated carbocycles. The fraction of sp³-hybridized carbons (Fsp3) is 0.455. The van der Waals surface area contributed by atoms with Gasteiger partial charge in [-0.3, -0.25) is 9.78 Å². The number of likely N-dealkylation sites (tertiary alicyclic amines) is 1. The van der Waals surface area contributed by atoms with Crippen LogP contribution in [0.5, 0.6) is 0 Å². The summed E-state index contributed by atoms with van der Waals surface area (Å²) in [5, 5.41) is 0. The topological polar surface area (TPSA) is 45.7 Å². The highest BCUT2D eigenvalue weighted by Crippen LogP contribution is 2.38. The Bertz CT molecular complexity index is 800. The van der Waals surface area contributed by atoms with Crippen molar-refractivity contribution in [1.29, 1.82) is 0 Å². The minimum atomic E-state index is -0.0936. The third-order valence-corrected chi connectivity index (χ3v) is 6.07. The second-order valence-electron chi connectivity index (χ2n) is 7.76. The number of ether oxygens (including phenoxy) is 1. The number of rotatable bonds is 3. The molecule has 4 rings (SSSR count). The second kappa shape index (κ2) is 7.31. The van der Waals surface area contributed by atoms with Gasteiger partial charge in [-0.1, -0.05) is 24.3 Å². The number of hydrogen-bond donors (Lipinski definition) is 0. The van der Waals surface area contributed by atoms with Gasteiger partial charge in [0.15, 0.2) is 0 Å². The number of carbonyl (C=O) groups excluding carboxylic acids is 1. The third-order valence-electron chi connectivity index (χ3n) is 6.07. The molecule has 0 radical (unpaired) electrons. The Morgan fingerprint density at radius 3 is 2.63 bits per heavy atom. The van der Waals surface area contributed by atoms with Gasteiger partial charge in [-0.15, -0.1) is 0 Å². The van der Waals surface area contributed by atoms with E-state index >= 15 is 0 Å². The quantitative estimate of drug-likeness (QED) is 0.837. The molecule has 1 atom stereocenters. The highest BCUT2D eigenvalue weighted by Gasteiger charge is 2.44. The molecule has 2 fully saturated rings. The minimum absolute atomic E-state index is 0.0406. The van der Waals surface area contributed by atoms with Gasteiger partial charge in [0.2, 0.25) is 0 Å². The van der Waals surface area contributed by atoms with E-state index < -0.39 is 0 Å². The third kappa shape index (κ3) is 3.56. The first-order valence-corrected chi connectivity index (χ1v) is 9.71. The molecule has 0 N–H and O–H groups in total. The molecular formula is C22H27N3O2. The monoisotopic (exact) mass is 365 g/mol. The van der Waals surface area contributed by atoms with E-state index in [4.69, 9.17) is 4.74 Å². The number of carbonyl (C=O) groups is 1. The number of benzene rings is 1. The van der Waals surface area contributed by atoms with Crippen LogP contribution in [0, 0.1) is 6.92 Å². The van der Waals surface area contributed by atoms with E-state index in [0.29, 0.717) is 11.7 Å². The standard InChI is InChI=1S/C22H27N3O2/c1-17-7-6-12-23-20(17)21(26)25-13-10-22(11-14-25)15-19(16-27-22)24(2)18-8-4-3-5-9-18/h3-9,12,19H,10-11,13-16H2,1-2H3. The van der Waals surface area contributed by atoms with E-state index in [1.165, 1.54) is 5.69 Å². The summed E-state index contributed by atoms with van der Waals surface area (Å²) in [4.78, 5) is 21.3. The molecule has 1 aromatic carbocycles. The van der Waals surface area contributed by atoms with Crippen LogP contribution in [0.3, 0.4) is 0 Å². The summed E-state index contributed by atoms with van der Waals surface area (Å²) < 4.78 is 6.30. The normalized spacial score (nSPS) is 21.4. The van der Waals surface area contributed by atoms with Crippen LogP contribution < -0.4 is 4.90 Å². The van der Waals surface area contributed by atoms with Gasteiger partial charge in [0, 0.05) is 32.0 Å². The Balaban J connectivity index is 1.38. The van der Waals surface area contributed by atoms with Crippen LogP contribution in [0.4, 0.5) is 5.69 Å². The van der Waals surface area contributed by atoms with Crippen LogP contribution >= 0.6 is 0 Å². The van der Waals surface area contributed by atoms with Gasteiger partial charge < -0.3 is 14.5 Å². The summed E-state index contributed by atoms with van der Waals surface area (Å²) in [7, 11) is 2.14. The molecule has 1 unspecified atom stereocenters. The maximum absolute atomic E-state index is 12.8. The van der Waals surface area contributed by atoms with Gasteiger partial charge in [0.25, 0.3) is 5.91 Å². The molecule has 0 bridgehead atoms. The Kier molecular flexibility index (Phi) is 4.87.